The quantitative estimate of drug-likeness (QED) is 0.481. The van der Waals surface area contributed by atoms with E-state index in [9.17, 15) is 0 Å². The van der Waals surface area contributed by atoms with Gasteiger partial charge in [-0.25, -0.2) is 5.48 Å². The van der Waals surface area contributed by atoms with Crippen LogP contribution >= 0.6 is 0 Å². The Hall–Kier alpha value is -2.37. The lowest BCUT2D eigenvalue weighted by Gasteiger charge is -2.19. The first-order valence-electron chi connectivity index (χ1n) is 7.42. The molecule has 5 N–H and O–H groups in total. The molecule has 1 atom stereocenters. The first-order valence-corrected chi connectivity index (χ1v) is 7.42. The number of nitrogens with zero attached hydrogens (tertiary/aromatic N) is 1. The van der Waals surface area contributed by atoms with Crippen molar-refractivity contribution in [2.45, 2.75) is 19.4 Å². The number of fused-ring (bicyclic) bond motifs is 1. The molecule has 0 amide bonds. The Morgan fingerprint density at radius 2 is 1.95 bits per heavy atom. The summed E-state index contributed by atoms with van der Waals surface area (Å²) in [6.45, 7) is 2.57. The molecule has 114 valence electrons. The van der Waals surface area contributed by atoms with Crippen LogP contribution in [0.3, 0.4) is 0 Å². The Bertz CT molecular complexity index is 784. The highest BCUT2D eigenvalue weighted by Crippen LogP contribution is 2.21. The summed E-state index contributed by atoms with van der Waals surface area (Å²) in [5, 5.41) is 14.5. The van der Waals surface area contributed by atoms with E-state index in [2.05, 4.69) is 34.8 Å². The smallest absolute Gasteiger partial charge is 0.0949 e. The van der Waals surface area contributed by atoms with E-state index >= 15 is 0 Å². The van der Waals surface area contributed by atoms with Crippen LogP contribution in [-0.4, -0.2) is 17.8 Å². The van der Waals surface area contributed by atoms with E-state index in [1.807, 2.05) is 30.5 Å². The van der Waals surface area contributed by atoms with Crippen LogP contribution in [0.25, 0.3) is 17.3 Å². The average molecular weight is 296 g/mol. The molecule has 0 bridgehead atoms. The highest BCUT2D eigenvalue weighted by Gasteiger charge is 2.11. The van der Waals surface area contributed by atoms with Crippen molar-refractivity contribution in [2.24, 2.45) is 4.99 Å². The van der Waals surface area contributed by atoms with Gasteiger partial charge in [-0.3, -0.25) is 4.99 Å². The molecule has 22 heavy (non-hydrogen) atoms. The Morgan fingerprint density at radius 1 is 1.18 bits per heavy atom. The minimum atomic E-state index is 0.145. The SMILES string of the molecule is CCC(CNO)Nc1cc(-c2ccc(N)cc2)cc2c1=NC=2. The van der Waals surface area contributed by atoms with Gasteiger partial charge in [0.2, 0.25) is 0 Å². The van der Waals surface area contributed by atoms with E-state index in [1.165, 1.54) is 0 Å². The molecule has 0 aromatic heterocycles. The minimum absolute atomic E-state index is 0.145. The summed E-state index contributed by atoms with van der Waals surface area (Å²) >= 11 is 0. The van der Waals surface area contributed by atoms with E-state index in [4.69, 9.17) is 10.9 Å². The van der Waals surface area contributed by atoms with Gasteiger partial charge >= 0.3 is 0 Å². The highest BCUT2D eigenvalue weighted by atomic mass is 16.5. The zero-order chi connectivity index (χ0) is 15.5. The van der Waals surface area contributed by atoms with Gasteiger partial charge in [0.1, 0.15) is 0 Å². The third-order valence-electron chi connectivity index (χ3n) is 3.91. The van der Waals surface area contributed by atoms with Crippen LogP contribution in [0.5, 0.6) is 0 Å². The summed E-state index contributed by atoms with van der Waals surface area (Å²) in [5.41, 5.74) is 12.0. The Morgan fingerprint density at radius 3 is 2.55 bits per heavy atom. The molecule has 0 aliphatic carbocycles. The maximum Gasteiger partial charge on any atom is 0.0949 e. The largest absolute Gasteiger partial charge is 0.399 e. The first kappa shape index (κ1) is 14.6. The molecule has 0 spiro atoms. The van der Waals surface area contributed by atoms with Crippen molar-refractivity contribution in [3.05, 3.63) is 47.0 Å². The van der Waals surface area contributed by atoms with Crippen molar-refractivity contribution in [1.82, 2.24) is 5.48 Å². The first-order chi connectivity index (χ1) is 10.7. The molecule has 5 heteroatoms. The second kappa shape index (κ2) is 6.17. The maximum absolute atomic E-state index is 8.91. The van der Waals surface area contributed by atoms with Gasteiger partial charge in [-0.15, -0.1) is 0 Å². The van der Waals surface area contributed by atoms with E-state index in [0.717, 1.165) is 39.5 Å². The van der Waals surface area contributed by atoms with Gasteiger partial charge in [0, 0.05) is 29.7 Å². The van der Waals surface area contributed by atoms with E-state index in [1.54, 1.807) is 0 Å². The second-order valence-electron chi connectivity index (χ2n) is 5.45. The number of hydrogen-bond acceptors (Lipinski definition) is 5. The van der Waals surface area contributed by atoms with E-state index in [0.29, 0.717) is 6.54 Å². The molecule has 1 heterocycles. The topological polar surface area (TPSA) is 82.7 Å². The van der Waals surface area contributed by atoms with Crippen molar-refractivity contribution in [2.75, 3.05) is 17.6 Å². The van der Waals surface area contributed by atoms with Crippen LogP contribution in [0.1, 0.15) is 13.3 Å². The predicted octanol–water partition coefficient (Wildman–Crippen LogP) is 1.48. The Balaban J connectivity index is 1.96. The standard InChI is InChI=1S/C17H20N4O/c1-2-15(10-20-22)21-16-8-12(7-13-9-19-17(13)16)11-3-5-14(18)6-4-11/h3-9,15,20-22H,2,10,18H2,1H3. The lowest BCUT2D eigenvalue weighted by molar-refractivity contribution is 0.161. The fourth-order valence-electron chi connectivity index (χ4n) is 2.55. The Labute approximate surface area is 129 Å². The number of nitrogens with two attached hydrogens (primary N) is 1. The molecule has 0 saturated heterocycles. The van der Waals surface area contributed by atoms with Gasteiger partial charge in [0.15, 0.2) is 0 Å². The summed E-state index contributed by atoms with van der Waals surface area (Å²) in [6, 6.07) is 12.2. The zero-order valence-electron chi connectivity index (χ0n) is 12.5. The molecule has 0 fully saturated rings. The summed E-state index contributed by atoms with van der Waals surface area (Å²) < 4.78 is 0. The number of hydrogen-bond donors (Lipinski definition) is 4. The van der Waals surface area contributed by atoms with Crippen LogP contribution in [0.2, 0.25) is 0 Å². The van der Waals surface area contributed by atoms with Gasteiger partial charge in [0.25, 0.3) is 0 Å². The summed E-state index contributed by atoms with van der Waals surface area (Å²) in [4.78, 5) is 4.34. The predicted molar refractivity (Wildman–Crippen MR) is 89.0 cm³/mol. The van der Waals surface area contributed by atoms with Crippen LogP contribution in [-0.2, 0) is 0 Å². The van der Waals surface area contributed by atoms with E-state index in [-0.39, 0.29) is 6.04 Å². The number of nitrogens with one attached hydrogen (secondary N) is 2. The molecule has 2 aromatic rings. The van der Waals surface area contributed by atoms with Crippen LogP contribution in [0.15, 0.2) is 41.4 Å². The normalized spacial score (nSPS) is 13.4. The van der Waals surface area contributed by atoms with Crippen molar-refractivity contribution >= 4 is 17.6 Å². The maximum atomic E-state index is 8.91. The third-order valence-corrected chi connectivity index (χ3v) is 3.91. The number of hydroxylamine groups is 1. The number of benzene rings is 2. The fourth-order valence-corrected chi connectivity index (χ4v) is 2.55. The van der Waals surface area contributed by atoms with Crippen LogP contribution < -0.4 is 27.1 Å². The molecule has 0 saturated carbocycles. The third kappa shape index (κ3) is 2.81. The highest BCUT2D eigenvalue weighted by molar-refractivity contribution is 5.71. The van der Waals surface area contributed by atoms with E-state index < -0.39 is 0 Å². The Kier molecular flexibility index (Phi) is 4.09. The average Bonchev–Trinajstić information content (AvgIpc) is 2.49. The second-order valence-corrected chi connectivity index (χ2v) is 5.45. The van der Waals surface area contributed by atoms with Crippen molar-refractivity contribution in [1.29, 1.82) is 0 Å². The molecule has 1 aliphatic heterocycles. The van der Waals surface area contributed by atoms with Crippen molar-refractivity contribution < 1.29 is 5.21 Å². The van der Waals surface area contributed by atoms with Crippen LogP contribution in [0.4, 0.5) is 11.4 Å². The van der Waals surface area contributed by atoms with Crippen LogP contribution in [0, 0.1) is 0 Å². The molecule has 3 rings (SSSR count). The summed E-state index contributed by atoms with van der Waals surface area (Å²) in [7, 11) is 0. The van der Waals surface area contributed by atoms with Crippen molar-refractivity contribution in [3.8, 4) is 11.1 Å². The molecular weight excluding hydrogens is 276 g/mol. The van der Waals surface area contributed by atoms with Gasteiger partial charge in [0.05, 0.1) is 11.0 Å². The lowest BCUT2D eigenvalue weighted by atomic mass is 10.0. The number of rotatable bonds is 6. The zero-order valence-corrected chi connectivity index (χ0v) is 12.5. The molecule has 1 unspecified atom stereocenters. The molecule has 5 nitrogen and oxygen atoms in total. The van der Waals surface area contributed by atoms with Crippen molar-refractivity contribution in [3.63, 3.8) is 0 Å². The van der Waals surface area contributed by atoms with Gasteiger partial charge in [-0.2, -0.15) is 0 Å². The molecule has 2 aromatic carbocycles. The summed E-state index contributed by atoms with van der Waals surface area (Å²) in [5.74, 6) is 0. The minimum Gasteiger partial charge on any atom is -0.399 e. The molecule has 0 radical (unpaired) electrons. The van der Waals surface area contributed by atoms with Gasteiger partial charge in [-0.1, -0.05) is 19.1 Å². The van der Waals surface area contributed by atoms with Gasteiger partial charge < -0.3 is 16.3 Å². The lowest BCUT2D eigenvalue weighted by Crippen LogP contribution is -2.38. The summed E-state index contributed by atoms with van der Waals surface area (Å²) in [6.07, 6.45) is 2.77. The molecule has 1 aliphatic rings. The fraction of sp³-hybridized carbons (Fsp3) is 0.235. The molecular formula is C17H20N4O. The number of nitrogen functional groups attached to an aromatic ring is 1. The monoisotopic (exact) mass is 296 g/mol. The van der Waals surface area contributed by atoms with Gasteiger partial charge in [-0.05, 0) is 41.8 Å². The number of anilines is 2.